The monoisotopic (exact) mass is 555 g/mol. The average molecular weight is 556 g/mol. The van der Waals surface area contributed by atoms with Gasteiger partial charge in [-0.1, -0.05) is 28.4 Å². The molecule has 1 amide bonds. The van der Waals surface area contributed by atoms with Crippen LogP contribution in [-0.2, 0) is 21.9 Å². The van der Waals surface area contributed by atoms with Gasteiger partial charge in [0.2, 0.25) is 5.91 Å². The summed E-state index contributed by atoms with van der Waals surface area (Å²) >= 11 is 3.06. The number of carbonyl (C=O) groups excluding carboxylic acids is 1. The molecular formula is C22H17BrF7NO3. The molecule has 0 bridgehead atoms. The molecule has 0 saturated heterocycles. The van der Waals surface area contributed by atoms with Crippen LogP contribution in [0.4, 0.5) is 36.4 Å². The Morgan fingerprint density at radius 1 is 0.941 bits per heavy atom. The maximum Gasteiger partial charge on any atom is 0.416 e. The Morgan fingerprint density at radius 2 is 1.53 bits per heavy atom. The first-order chi connectivity index (χ1) is 15.7. The highest BCUT2D eigenvalue weighted by molar-refractivity contribution is 9.10. The van der Waals surface area contributed by atoms with Gasteiger partial charge in [-0.05, 0) is 54.7 Å². The van der Waals surface area contributed by atoms with Crippen molar-refractivity contribution in [3.63, 3.8) is 0 Å². The number of carboxylic acid groups (broad SMARTS) is 1. The summed E-state index contributed by atoms with van der Waals surface area (Å²) in [5, 5.41) is 12.0. The van der Waals surface area contributed by atoms with Gasteiger partial charge in [-0.25, -0.2) is 4.39 Å². The molecule has 0 spiro atoms. The number of anilines is 1. The van der Waals surface area contributed by atoms with Gasteiger partial charge in [-0.3, -0.25) is 9.59 Å². The Kier molecular flexibility index (Phi) is 7.30. The van der Waals surface area contributed by atoms with E-state index in [1.807, 2.05) is 0 Å². The molecule has 0 heterocycles. The fourth-order valence-corrected chi connectivity index (χ4v) is 4.88. The Morgan fingerprint density at radius 3 is 2.06 bits per heavy atom. The molecule has 2 aromatic rings. The van der Waals surface area contributed by atoms with Crippen LogP contribution in [0.2, 0.25) is 0 Å². The second kappa shape index (κ2) is 9.55. The van der Waals surface area contributed by atoms with Crippen molar-refractivity contribution in [2.45, 2.75) is 37.5 Å². The van der Waals surface area contributed by atoms with Crippen molar-refractivity contribution in [3.05, 3.63) is 63.4 Å². The van der Waals surface area contributed by atoms with Gasteiger partial charge in [0.1, 0.15) is 5.82 Å². The summed E-state index contributed by atoms with van der Waals surface area (Å²) in [5.41, 5.74) is -2.45. The highest BCUT2D eigenvalue weighted by Crippen LogP contribution is 2.45. The molecule has 12 heteroatoms. The summed E-state index contributed by atoms with van der Waals surface area (Å²) in [7, 11) is 0. The zero-order valence-corrected chi connectivity index (χ0v) is 18.7. The summed E-state index contributed by atoms with van der Waals surface area (Å²) in [5.74, 6) is -6.97. The van der Waals surface area contributed by atoms with E-state index in [0.29, 0.717) is 12.5 Å². The summed E-state index contributed by atoms with van der Waals surface area (Å²) in [6.07, 6.45) is -8.66. The molecule has 0 aromatic heterocycles. The van der Waals surface area contributed by atoms with Gasteiger partial charge < -0.3 is 10.4 Å². The molecule has 3 unspecified atom stereocenters. The number of alkyl halides is 6. The van der Waals surface area contributed by atoms with Gasteiger partial charge >= 0.3 is 18.3 Å². The number of carbonyl (C=O) groups is 2. The molecule has 0 aliphatic heterocycles. The standard InChI is InChI=1S/C22H17BrF7NO3/c23-15-8-10(21(25,26)27)4-6-12(15)13-2-1-3-14(18(13)20(33)34)19(32)31-17-7-5-11(9-16(17)24)22(28,29)30/h4-9,13-14,18H,1-3H2,(H,31,32)(H,33,34). The van der Waals surface area contributed by atoms with E-state index < -0.39 is 64.6 Å². The van der Waals surface area contributed by atoms with Crippen molar-refractivity contribution in [3.8, 4) is 0 Å². The molecule has 2 aromatic carbocycles. The van der Waals surface area contributed by atoms with Gasteiger partial charge in [0, 0.05) is 4.47 Å². The summed E-state index contributed by atoms with van der Waals surface area (Å²) < 4.78 is 91.4. The predicted molar refractivity (Wildman–Crippen MR) is 110 cm³/mol. The lowest BCUT2D eigenvalue weighted by Crippen LogP contribution is -2.40. The molecule has 1 saturated carbocycles. The van der Waals surface area contributed by atoms with Crippen molar-refractivity contribution in [1.82, 2.24) is 0 Å². The first-order valence-electron chi connectivity index (χ1n) is 9.97. The Hall–Kier alpha value is -2.63. The Labute approximate surface area is 197 Å². The van der Waals surface area contributed by atoms with Crippen LogP contribution < -0.4 is 5.32 Å². The lowest BCUT2D eigenvalue weighted by Gasteiger charge is -2.35. The van der Waals surface area contributed by atoms with Gasteiger partial charge in [-0.15, -0.1) is 0 Å². The first kappa shape index (κ1) is 26.0. The quantitative estimate of drug-likeness (QED) is 0.405. The highest BCUT2D eigenvalue weighted by atomic mass is 79.9. The minimum atomic E-state index is -4.79. The zero-order valence-electron chi connectivity index (χ0n) is 17.1. The number of amides is 1. The third-order valence-corrected chi connectivity index (χ3v) is 6.49. The van der Waals surface area contributed by atoms with Crippen molar-refractivity contribution < 1.29 is 45.4 Å². The fraction of sp³-hybridized carbons (Fsp3) is 0.364. The number of aliphatic carboxylic acids is 1. The minimum absolute atomic E-state index is 0.0356. The second-order valence-corrected chi connectivity index (χ2v) is 8.78. The SMILES string of the molecule is O=C(Nc1ccc(C(F)(F)F)cc1F)C1CCCC(c2ccc(C(F)(F)F)cc2Br)C1C(=O)O. The van der Waals surface area contributed by atoms with E-state index in [9.17, 15) is 45.4 Å². The molecule has 2 N–H and O–H groups in total. The van der Waals surface area contributed by atoms with E-state index in [-0.39, 0.29) is 28.9 Å². The van der Waals surface area contributed by atoms with Crippen molar-refractivity contribution in [2.24, 2.45) is 11.8 Å². The number of nitrogens with one attached hydrogen (secondary N) is 1. The average Bonchev–Trinajstić information content (AvgIpc) is 2.73. The van der Waals surface area contributed by atoms with Crippen molar-refractivity contribution in [2.75, 3.05) is 5.32 Å². The van der Waals surface area contributed by atoms with Gasteiger partial charge in [0.15, 0.2) is 0 Å². The van der Waals surface area contributed by atoms with Crippen LogP contribution in [0.15, 0.2) is 40.9 Å². The first-order valence-corrected chi connectivity index (χ1v) is 10.8. The molecule has 0 radical (unpaired) electrons. The highest BCUT2D eigenvalue weighted by Gasteiger charge is 2.44. The van der Waals surface area contributed by atoms with E-state index in [2.05, 4.69) is 21.2 Å². The van der Waals surface area contributed by atoms with Crippen LogP contribution in [0.5, 0.6) is 0 Å². The Balaban J connectivity index is 1.88. The fourth-order valence-electron chi connectivity index (χ4n) is 4.21. The van der Waals surface area contributed by atoms with E-state index in [0.717, 1.165) is 24.3 Å². The maximum absolute atomic E-state index is 14.2. The number of halogens is 8. The number of hydrogen-bond donors (Lipinski definition) is 2. The molecule has 3 atom stereocenters. The molecule has 3 rings (SSSR count). The van der Waals surface area contributed by atoms with Crippen LogP contribution >= 0.6 is 15.9 Å². The molecule has 184 valence electrons. The van der Waals surface area contributed by atoms with E-state index in [1.165, 1.54) is 0 Å². The number of carboxylic acids is 1. The van der Waals surface area contributed by atoms with Crippen molar-refractivity contribution >= 4 is 33.5 Å². The molecule has 1 fully saturated rings. The summed E-state index contributed by atoms with van der Waals surface area (Å²) in [6.45, 7) is 0. The predicted octanol–water partition coefficient (Wildman–Crippen LogP) is 6.85. The number of benzene rings is 2. The van der Waals surface area contributed by atoms with Crippen LogP contribution in [-0.4, -0.2) is 17.0 Å². The lowest BCUT2D eigenvalue weighted by molar-refractivity contribution is -0.149. The third kappa shape index (κ3) is 5.53. The lowest BCUT2D eigenvalue weighted by atomic mass is 9.69. The number of rotatable bonds is 4. The zero-order chi connectivity index (χ0) is 25.4. The number of hydrogen-bond acceptors (Lipinski definition) is 2. The molecule has 34 heavy (non-hydrogen) atoms. The van der Waals surface area contributed by atoms with Gasteiger partial charge in [0.25, 0.3) is 0 Å². The van der Waals surface area contributed by atoms with Gasteiger partial charge in [-0.2, -0.15) is 26.3 Å². The van der Waals surface area contributed by atoms with Crippen LogP contribution in [0.25, 0.3) is 0 Å². The molecule has 1 aliphatic rings. The topological polar surface area (TPSA) is 66.4 Å². The second-order valence-electron chi connectivity index (χ2n) is 7.92. The van der Waals surface area contributed by atoms with Gasteiger partial charge in [0.05, 0.1) is 28.7 Å². The smallest absolute Gasteiger partial charge is 0.416 e. The summed E-state index contributed by atoms with van der Waals surface area (Å²) in [6, 6.07) is 4.33. The third-order valence-electron chi connectivity index (χ3n) is 5.80. The largest absolute Gasteiger partial charge is 0.481 e. The van der Waals surface area contributed by atoms with E-state index >= 15 is 0 Å². The van der Waals surface area contributed by atoms with Crippen LogP contribution in [0.3, 0.4) is 0 Å². The maximum atomic E-state index is 14.2. The van der Waals surface area contributed by atoms with E-state index in [1.54, 1.807) is 0 Å². The van der Waals surface area contributed by atoms with Crippen LogP contribution in [0, 0.1) is 17.7 Å². The molecule has 1 aliphatic carbocycles. The summed E-state index contributed by atoms with van der Waals surface area (Å²) in [4.78, 5) is 24.9. The van der Waals surface area contributed by atoms with Crippen LogP contribution in [0.1, 0.15) is 41.9 Å². The van der Waals surface area contributed by atoms with E-state index in [4.69, 9.17) is 0 Å². The normalized spacial score (nSPS) is 21.2. The Bertz CT molecular complexity index is 1100. The molecule has 4 nitrogen and oxygen atoms in total. The molecular weight excluding hydrogens is 539 g/mol. The van der Waals surface area contributed by atoms with Crippen molar-refractivity contribution in [1.29, 1.82) is 0 Å². The minimum Gasteiger partial charge on any atom is -0.481 e.